The first-order valence-electron chi connectivity index (χ1n) is 7.71. The minimum absolute atomic E-state index is 0.682. The minimum atomic E-state index is 0.682. The summed E-state index contributed by atoms with van der Waals surface area (Å²) in [4.78, 5) is 2.75. The van der Waals surface area contributed by atoms with E-state index >= 15 is 0 Å². The lowest BCUT2D eigenvalue weighted by atomic mass is 10.0. The van der Waals surface area contributed by atoms with Gasteiger partial charge in [0.05, 0.1) is 0 Å². The molecule has 3 unspecified atom stereocenters. The van der Waals surface area contributed by atoms with Crippen molar-refractivity contribution in [1.82, 2.24) is 10.2 Å². The van der Waals surface area contributed by atoms with Crippen LogP contribution in [0.15, 0.2) is 0 Å². The van der Waals surface area contributed by atoms with Crippen molar-refractivity contribution >= 4 is 0 Å². The maximum Gasteiger partial charge on any atom is 0.00925 e. The predicted molar refractivity (Wildman–Crippen MR) is 76.5 cm³/mol. The van der Waals surface area contributed by atoms with Gasteiger partial charge in [-0.15, -0.1) is 0 Å². The molecule has 1 heterocycles. The maximum atomic E-state index is 3.75. The van der Waals surface area contributed by atoms with Crippen LogP contribution in [-0.4, -0.2) is 36.1 Å². The van der Waals surface area contributed by atoms with Gasteiger partial charge in [0.15, 0.2) is 0 Å². The molecular weight excluding hydrogens is 208 g/mol. The van der Waals surface area contributed by atoms with Gasteiger partial charge in [-0.3, -0.25) is 0 Å². The number of rotatable bonds is 5. The first-order valence-corrected chi connectivity index (χ1v) is 7.71. The highest BCUT2D eigenvalue weighted by atomic mass is 15.2. The Hall–Kier alpha value is -0.0800. The van der Waals surface area contributed by atoms with Crippen LogP contribution in [0.3, 0.4) is 0 Å². The highest BCUT2D eigenvalue weighted by Crippen LogP contribution is 2.16. The Morgan fingerprint density at radius 3 is 2.47 bits per heavy atom. The molecule has 0 amide bonds. The van der Waals surface area contributed by atoms with Crippen molar-refractivity contribution in [2.45, 2.75) is 84.3 Å². The Labute approximate surface area is 108 Å². The smallest absolute Gasteiger partial charge is 0.00925 e. The summed E-state index contributed by atoms with van der Waals surface area (Å²) in [7, 11) is 0. The van der Waals surface area contributed by atoms with Crippen LogP contribution in [0.4, 0.5) is 0 Å². The molecule has 102 valence electrons. The van der Waals surface area contributed by atoms with Gasteiger partial charge in [0.1, 0.15) is 0 Å². The normalized spacial score (nSPS) is 29.6. The molecule has 1 aliphatic heterocycles. The van der Waals surface area contributed by atoms with Crippen molar-refractivity contribution in [3.05, 3.63) is 0 Å². The lowest BCUT2D eigenvalue weighted by molar-refractivity contribution is 0.147. The molecule has 2 nitrogen and oxygen atoms in total. The Bertz CT molecular complexity index is 193. The number of hydrogen-bond acceptors (Lipinski definition) is 2. The van der Waals surface area contributed by atoms with Crippen LogP contribution < -0.4 is 5.32 Å². The van der Waals surface area contributed by atoms with Gasteiger partial charge in [-0.2, -0.15) is 0 Å². The molecule has 1 rings (SSSR count). The average molecular weight is 240 g/mol. The van der Waals surface area contributed by atoms with Crippen LogP contribution in [0.1, 0.15) is 66.2 Å². The predicted octanol–water partition coefficient (Wildman–Crippen LogP) is 3.42. The minimum Gasteiger partial charge on any atom is -0.311 e. The monoisotopic (exact) mass is 240 g/mol. The molecule has 1 fully saturated rings. The number of nitrogens with zero attached hydrogens (tertiary/aromatic N) is 1. The van der Waals surface area contributed by atoms with E-state index in [2.05, 4.69) is 37.9 Å². The first-order chi connectivity index (χ1) is 8.21. The Balaban J connectivity index is 2.53. The summed E-state index contributed by atoms with van der Waals surface area (Å²) in [6, 6.07) is 2.23. The van der Waals surface area contributed by atoms with Crippen LogP contribution in [0.5, 0.6) is 0 Å². The summed E-state index contributed by atoms with van der Waals surface area (Å²) in [5.41, 5.74) is 0. The second kappa shape index (κ2) is 8.10. The fourth-order valence-electron chi connectivity index (χ4n) is 3.03. The van der Waals surface area contributed by atoms with E-state index in [-0.39, 0.29) is 0 Å². The zero-order valence-corrected chi connectivity index (χ0v) is 12.3. The van der Waals surface area contributed by atoms with Gasteiger partial charge in [0.25, 0.3) is 0 Å². The second-order valence-electron chi connectivity index (χ2n) is 5.64. The van der Waals surface area contributed by atoms with Crippen molar-refractivity contribution in [2.75, 3.05) is 13.1 Å². The van der Waals surface area contributed by atoms with Gasteiger partial charge in [0, 0.05) is 18.1 Å². The molecule has 1 saturated heterocycles. The molecule has 0 aromatic rings. The van der Waals surface area contributed by atoms with Crippen molar-refractivity contribution in [1.29, 1.82) is 0 Å². The lowest BCUT2D eigenvalue weighted by Gasteiger charge is -2.36. The molecule has 17 heavy (non-hydrogen) atoms. The summed E-state index contributed by atoms with van der Waals surface area (Å²) in [6.45, 7) is 11.9. The molecule has 0 bridgehead atoms. The van der Waals surface area contributed by atoms with Gasteiger partial charge < -0.3 is 10.2 Å². The van der Waals surface area contributed by atoms with Crippen LogP contribution in [0, 0.1) is 0 Å². The van der Waals surface area contributed by atoms with Gasteiger partial charge in [-0.1, -0.05) is 27.2 Å². The quantitative estimate of drug-likeness (QED) is 0.792. The Morgan fingerprint density at radius 1 is 1.18 bits per heavy atom. The van der Waals surface area contributed by atoms with E-state index in [4.69, 9.17) is 0 Å². The Morgan fingerprint density at radius 2 is 1.88 bits per heavy atom. The fraction of sp³-hybridized carbons (Fsp3) is 1.00. The van der Waals surface area contributed by atoms with Crippen molar-refractivity contribution in [3.63, 3.8) is 0 Å². The zero-order chi connectivity index (χ0) is 12.7. The molecule has 0 saturated carbocycles. The van der Waals surface area contributed by atoms with Gasteiger partial charge in [-0.25, -0.2) is 0 Å². The van der Waals surface area contributed by atoms with E-state index in [1.54, 1.807) is 0 Å². The van der Waals surface area contributed by atoms with Crippen molar-refractivity contribution < 1.29 is 0 Å². The van der Waals surface area contributed by atoms with E-state index in [0.717, 1.165) is 12.1 Å². The molecule has 1 aliphatic rings. The second-order valence-corrected chi connectivity index (χ2v) is 5.64. The summed E-state index contributed by atoms with van der Waals surface area (Å²) in [6.07, 6.45) is 7.89. The van der Waals surface area contributed by atoms with Crippen LogP contribution in [0.2, 0.25) is 0 Å². The molecule has 1 N–H and O–H groups in total. The molecule has 0 spiro atoms. The molecule has 2 heteroatoms. The topological polar surface area (TPSA) is 15.3 Å². The molecule has 0 aliphatic carbocycles. The van der Waals surface area contributed by atoms with Gasteiger partial charge in [0.2, 0.25) is 0 Å². The van der Waals surface area contributed by atoms with Crippen molar-refractivity contribution in [3.8, 4) is 0 Å². The SMILES string of the molecule is CCCC(CC)N1CCC(C)NC(CC)CC1. The number of nitrogens with one attached hydrogen (secondary N) is 1. The van der Waals surface area contributed by atoms with E-state index in [9.17, 15) is 0 Å². The summed E-state index contributed by atoms with van der Waals surface area (Å²) >= 11 is 0. The third-order valence-corrected chi connectivity index (χ3v) is 4.24. The molecular formula is C15H32N2. The molecule has 3 atom stereocenters. The third kappa shape index (κ3) is 4.97. The molecule has 0 aromatic carbocycles. The largest absolute Gasteiger partial charge is 0.311 e. The van der Waals surface area contributed by atoms with E-state index in [1.807, 2.05) is 0 Å². The third-order valence-electron chi connectivity index (χ3n) is 4.24. The Kier molecular flexibility index (Phi) is 7.14. The van der Waals surface area contributed by atoms with Crippen LogP contribution >= 0.6 is 0 Å². The zero-order valence-electron chi connectivity index (χ0n) is 12.3. The first kappa shape index (κ1) is 15.0. The summed E-state index contributed by atoms with van der Waals surface area (Å²) < 4.78 is 0. The van der Waals surface area contributed by atoms with Crippen molar-refractivity contribution in [2.24, 2.45) is 0 Å². The maximum absolute atomic E-state index is 3.75. The molecule has 0 aromatic heterocycles. The summed E-state index contributed by atoms with van der Waals surface area (Å²) in [5.74, 6) is 0. The van der Waals surface area contributed by atoms with E-state index in [0.29, 0.717) is 6.04 Å². The standard InChI is InChI=1S/C15H32N2/c1-5-8-15(7-3)17-11-9-13(4)16-14(6-2)10-12-17/h13-16H,5-12H2,1-4H3. The van der Waals surface area contributed by atoms with Crippen LogP contribution in [-0.2, 0) is 0 Å². The number of hydrogen-bond donors (Lipinski definition) is 1. The fourth-order valence-corrected chi connectivity index (χ4v) is 3.03. The lowest BCUT2D eigenvalue weighted by Crippen LogP contribution is -2.46. The average Bonchev–Trinajstić information content (AvgIpc) is 2.32. The van der Waals surface area contributed by atoms with Gasteiger partial charge in [-0.05, 0) is 52.1 Å². The van der Waals surface area contributed by atoms with E-state index in [1.165, 1.54) is 51.6 Å². The van der Waals surface area contributed by atoms with Crippen LogP contribution in [0.25, 0.3) is 0 Å². The molecule has 0 radical (unpaired) electrons. The summed E-state index contributed by atoms with van der Waals surface area (Å²) in [5, 5.41) is 3.75. The highest BCUT2D eigenvalue weighted by molar-refractivity contribution is 4.80. The van der Waals surface area contributed by atoms with E-state index < -0.39 is 0 Å². The highest BCUT2D eigenvalue weighted by Gasteiger charge is 2.21. The van der Waals surface area contributed by atoms with Gasteiger partial charge >= 0.3 is 0 Å².